The summed E-state index contributed by atoms with van der Waals surface area (Å²) in [4.78, 5) is 10.8. The Bertz CT molecular complexity index is 548. The van der Waals surface area contributed by atoms with Gasteiger partial charge in [-0.2, -0.15) is 0 Å². The summed E-state index contributed by atoms with van der Waals surface area (Å²) >= 11 is 0. The van der Waals surface area contributed by atoms with E-state index in [0.29, 0.717) is 12.3 Å². The maximum absolute atomic E-state index is 10.8. The summed E-state index contributed by atoms with van der Waals surface area (Å²) in [5.41, 5.74) is 6.80. The molecule has 0 heterocycles. The van der Waals surface area contributed by atoms with Crippen LogP contribution in [0.25, 0.3) is 11.6 Å². The average molecular weight is 231 g/mol. The largest absolute Gasteiger partial charge is 0.480 e. The number of rotatable bonds is 3. The lowest BCUT2D eigenvalue weighted by Gasteiger charge is -2.20. The Morgan fingerprint density at radius 3 is 2.94 bits per heavy atom. The number of benzene rings is 1. The van der Waals surface area contributed by atoms with Gasteiger partial charge in [0, 0.05) is 0 Å². The van der Waals surface area contributed by atoms with Crippen LogP contribution in [-0.4, -0.2) is 17.1 Å². The van der Waals surface area contributed by atoms with Gasteiger partial charge >= 0.3 is 5.97 Å². The van der Waals surface area contributed by atoms with E-state index >= 15 is 0 Å². The van der Waals surface area contributed by atoms with Crippen molar-refractivity contribution in [2.24, 2.45) is 11.7 Å². The number of hydrogen-bond donors (Lipinski definition) is 2. The van der Waals surface area contributed by atoms with Gasteiger partial charge < -0.3 is 10.8 Å². The van der Waals surface area contributed by atoms with Crippen molar-refractivity contribution in [1.82, 2.24) is 0 Å². The predicted molar refractivity (Wildman–Crippen MR) is 67.6 cm³/mol. The molecule has 2 atom stereocenters. The molecule has 1 aliphatic rings. The second kappa shape index (κ2) is 4.72. The lowest BCUT2D eigenvalue weighted by atomic mass is 9.86. The van der Waals surface area contributed by atoms with Gasteiger partial charge in [-0.1, -0.05) is 42.8 Å². The molecule has 0 radical (unpaired) electrons. The minimum atomic E-state index is -0.934. The summed E-state index contributed by atoms with van der Waals surface area (Å²) < 4.78 is 0. The summed E-state index contributed by atoms with van der Waals surface area (Å²) in [5.74, 6) is -0.563. The van der Waals surface area contributed by atoms with Crippen LogP contribution in [0.4, 0.5) is 0 Å². The maximum Gasteiger partial charge on any atom is 0.320 e. The highest BCUT2D eigenvalue weighted by Crippen LogP contribution is 2.21. The first kappa shape index (κ1) is 11.9. The van der Waals surface area contributed by atoms with Crippen molar-refractivity contribution in [2.75, 3.05) is 0 Å². The predicted octanol–water partition coefficient (Wildman–Crippen LogP) is 0.460. The van der Waals surface area contributed by atoms with E-state index in [2.05, 4.69) is 19.1 Å². The summed E-state index contributed by atoms with van der Waals surface area (Å²) in [6, 6.07) is 7.29. The highest BCUT2D eigenvalue weighted by Gasteiger charge is 2.19. The number of carbonyl (C=O) groups is 1. The molecule has 1 aliphatic carbocycles. The van der Waals surface area contributed by atoms with E-state index in [-0.39, 0.29) is 0 Å². The van der Waals surface area contributed by atoms with Crippen LogP contribution >= 0.6 is 0 Å². The molecule has 0 saturated heterocycles. The van der Waals surface area contributed by atoms with Gasteiger partial charge in [-0.3, -0.25) is 4.79 Å². The van der Waals surface area contributed by atoms with Crippen LogP contribution in [0.5, 0.6) is 0 Å². The molecule has 90 valence electrons. The van der Waals surface area contributed by atoms with E-state index in [9.17, 15) is 4.79 Å². The van der Waals surface area contributed by atoms with E-state index in [1.54, 1.807) is 0 Å². The number of fused-ring (bicyclic) bond motifs is 1. The minimum absolute atomic E-state index is 0.371. The summed E-state index contributed by atoms with van der Waals surface area (Å²) in [6.07, 6.45) is 3.59. The third kappa shape index (κ3) is 2.39. The quantitative estimate of drug-likeness (QED) is 0.794. The molecule has 0 aromatic heterocycles. The van der Waals surface area contributed by atoms with Crippen molar-refractivity contribution in [2.45, 2.75) is 25.8 Å². The normalized spacial score (nSPS) is 20.4. The van der Waals surface area contributed by atoms with E-state index < -0.39 is 12.0 Å². The molecule has 17 heavy (non-hydrogen) atoms. The highest BCUT2D eigenvalue weighted by atomic mass is 16.4. The summed E-state index contributed by atoms with van der Waals surface area (Å²) in [6.45, 7) is 2.12. The number of carboxylic acid groups (broad SMARTS) is 1. The molecule has 3 nitrogen and oxygen atoms in total. The molecular weight excluding hydrogens is 214 g/mol. The fraction of sp³-hybridized carbons (Fsp3) is 0.357. The van der Waals surface area contributed by atoms with Crippen LogP contribution in [0.1, 0.15) is 19.8 Å². The van der Waals surface area contributed by atoms with Gasteiger partial charge in [0.1, 0.15) is 6.04 Å². The molecule has 0 fully saturated rings. The van der Waals surface area contributed by atoms with Crippen molar-refractivity contribution in [1.29, 1.82) is 0 Å². The third-order valence-corrected chi connectivity index (χ3v) is 3.35. The highest BCUT2D eigenvalue weighted by molar-refractivity contribution is 5.75. The Labute approximate surface area is 100 Å². The van der Waals surface area contributed by atoms with Crippen LogP contribution in [0.15, 0.2) is 24.3 Å². The van der Waals surface area contributed by atoms with Crippen molar-refractivity contribution in [3.05, 3.63) is 34.7 Å². The minimum Gasteiger partial charge on any atom is -0.480 e. The third-order valence-electron chi connectivity index (χ3n) is 3.35. The molecule has 1 aromatic carbocycles. The topological polar surface area (TPSA) is 63.3 Å². The lowest BCUT2D eigenvalue weighted by molar-refractivity contribution is -0.138. The Balaban J connectivity index is 2.49. The van der Waals surface area contributed by atoms with Crippen LogP contribution in [0, 0.1) is 5.92 Å². The fourth-order valence-electron chi connectivity index (χ4n) is 2.31. The Kier molecular flexibility index (Phi) is 3.29. The molecule has 0 spiro atoms. The molecule has 1 aromatic rings. The van der Waals surface area contributed by atoms with E-state index in [0.717, 1.165) is 17.2 Å². The van der Waals surface area contributed by atoms with Crippen molar-refractivity contribution in [3.63, 3.8) is 0 Å². The zero-order chi connectivity index (χ0) is 12.4. The average Bonchev–Trinajstić information content (AvgIpc) is 2.32. The van der Waals surface area contributed by atoms with Crippen LogP contribution in [0.3, 0.4) is 0 Å². The van der Waals surface area contributed by atoms with Crippen molar-refractivity contribution >= 4 is 17.6 Å². The smallest absolute Gasteiger partial charge is 0.320 e. The van der Waals surface area contributed by atoms with Crippen LogP contribution in [-0.2, 0) is 4.79 Å². The number of carboxylic acids is 1. The van der Waals surface area contributed by atoms with Crippen LogP contribution < -0.4 is 16.2 Å². The zero-order valence-electron chi connectivity index (χ0n) is 9.89. The molecule has 3 N–H and O–H groups in total. The molecule has 2 rings (SSSR count). The van der Waals surface area contributed by atoms with Gasteiger partial charge in [0.05, 0.1) is 0 Å². The van der Waals surface area contributed by atoms with E-state index in [4.69, 9.17) is 10.8 Å². The van der Waals surface area contributed by atoms with Gasteiger partial charge in [0.2, 0.25) is 0 Å². The Hall–Kier alpha value is -1.61. The molecule has 0 amide bonds. The Morgan fingerprint density at radius 1 is 1.53 bits per heavy atom. The first-order chi connectivity index (χ1) is 8.09. The van der Waals surface area contributed by atoms with Crippen molar-refractivity contribution in [3.8, 4) is 0 Å². The molecule has 3 heteroatoms. The van der Waals surface area contributed by atoms with Gasteiger partial charge in [-0.25, -0.2) is 0 Å². The van der Waals surface area contributed by atoms with Crippen LogP contribution in [0.2, 0.25) is 0 Å². The van der Waals surface area contributed by atoms with Crippen molar-refractivity contribution < 1.29 is 9.90 Å². The first-order valence-corrected chi connectivity index (χ1v) is 5.86. The molecule has 0 saturated carbocycles. The van der Waals surface area contributed by atoms with Gasteiger partial charge in [0.15, 0.2) is 0 Å². The first-order valence-electron chi connectivity index (χ1n) is 5.86. The van der Waals surface area contributed by atoms with E-state index in [1.807, 2.05) is 18.2 Å². The molecule has 0 bridgehead atoms. The number of aliphatic carboxylic acids is 1. The van der Waals surface area contributed by atoms with E-state index in [1.165, 1.54) is 5.22 Å². The lowest BCUT2D eigenvalue weighted by Crippen LogP contribution is -2.37. The molecular formula is C14H17NO2. The maximum atomic E-state index is 10.8. The van der Waals surface area contributed by atoms with Gasteiger partial charge in [-0.05, 0) is 29.2 Å². The number of hydrogen-bond acceptors (Lipinski definition) is 2. The summed E-state index contributed by atoms with van der Waals surface area (Å²) in [7, 11) is 0. The van der Waals surface area contributed by atoms with Gasteiger partial charge in [0.25, 0.3) is 0 Å². The second-order valence-electron chi connectivity index (χ2n) is 4.60. The SMILES string of the molecule is CC1CC=c2ccccc2=C1CC(N)C(=O)O. The summed E-state index contributed by atoms with van der Waals surface area (Å²) in [5, 5.41) is 11.2. The molecule has 2 unspecified atom stereocenters. The standard InChI is InChI=1S/C14H17NO2/c1-9-6-7-10-4-2-3-5-11(10)12(9)8-13(15)14(16)17/h2-5,7,9,13H,6,8,15H2,1H3,(H,16,17). The van der Waals surface area contributed by atoms with Gasteiger partial charge in [-0.15, -0.1) is 0 Å². The zero-order valence-corrected chi connectivity index (χ0v) is 9.89. The Morgan fingerprint density at radius 2 is 2.24 bits per heavy atom. The monoisotopic (exact) mass is 231 g/mol. The molecule has 0 aliphatic heterocycles. The second-order valence-corrected chi connectivity index (χ2v) is 4.60. The number of nitrogens with two attached hydrogens (primary N) is 1. The fourth-order valence-corrected chi connectivity index (χ4v) is 2.31.